The van der Waals surface area contributed by atoms with Gasteiger partial charge in [0.1, 0.15) is 5.75 Å². The summed E-state index contributed by atoms with van der Waals surface area (Å²) >= 11 is 0. The Morgan fingerprint density at radius 2 is 2.00 bits per heavy atom. The van der Waals surface area contributed by atoms with Gasteiger partial charge in [0.15, 0.2) is 12.1 Å². The lowest BCUT2D eigenvalue weighted by atomic mass is 10.0. The highest BCUT2D eigenvalue weighted by Crippen LogP contribution is 2.34. The Morgan fingerprint density at radius 1 is 1.33 bits per heavy atom. The van der Waals surface area contributed by atoms with E-state index in [-0.39, 0.29) is 5.82 Å². The second kappa shape index (κ2) is 4.52. The number of aldehydes is 1. The summed E-state index contributed by atoms with van der Waals surface area (Å²) < 4.78 is 5.34. The van der Waals surface area contributed by atoms with Gasteiger partial charge >= 0.3 is 0 Å². The van der Waals surface area contributed by atoms with Crippen LogP contribution in [0.3, 0.4) is 0 Å². The van der Waals surface area contributed by atoms with Crippen molar-refractivity contribution in [1.29, 1.82) is 0 Å². The smallest absolute Gasteiger partial charge is 0.156 e. The van der Waals surface area contributed by atoms with Gasteiger partial charge in [-0.25, -0.2) is 0 Å². The molecule has 0 atom stereocenters. The number of H-pyrrole nitrogens is 1. The highest BCUT2D eigenvalue weighted by molar-refractivity contribution is 5.92. The Morgan fingerprint density at radius 3 is 2.61 bits per heavy atom. The fraction of sp³-hybridized carbons (Fsp3) is 0.231. The zero-order valence-corrected chi connectivity index (χ0v) is 10.6. The predicted molar refractivity (Wildman–Crippen MR) is 69.8 cm³/mol. The lowest BCUT2D eigenvalue weighted by Crippen LogP contribution is -1.95. The Labute approximate surface area is 105 Å². The summed E-state index contributed by atoms with van der Waals surface area (Å²) in [6.07, 6.45) is 0.697. The van der Waals surface area contributed by atoms with Crippen molar-refractivity contribution in [2.45, 2.75) is 13.8 Å². The Kier molecular flexibility index (Phi) is 3.06. The molecule has 0 saturated heterocycles. The van der Waals surface area contributed by atoms with Crippen molar-refractivity contribution >= 4 is 12.1 Å². The van der Waals surface area contributed by atoms with E-state index in [1.807, 2.05) is 26.0 Å². The molecule has 0 unspecified atom stereocenters. The van der Waals surface area contributed by atoms with Crippen LogP contribution in [0.4, 0.5) is 5.82 Å². The van der Waals surface area contributed by atoms with Crippen LogP contribution in [-0.4, -0.2) is 23.6 Å². The first kappa shape index (κ1) is 12.2. The fourth-order valence-electron chi connectivity index (χ4n) is 1.84. The predicted octanol–water partition coefficient (Wildman–Crippen LogP) is 2.10. The number of nitrogens with one attached hydrogen (secondary N) is 1. The van der Waals surface area contributed by atoms with Gasteiger partial charge in [0, 0.05) is 5.56 Å². The molecule has 1 aromatic carbocycles. The van der Waals surface area contributed by atoms with E-state index < -0.39 is 0 Å². The second-order valence-electron chi connectivity index (χ2n) is 4.15. The van der Waals surface area contributed by atoms with Crippen LogP contribution in [0.2, 0.25) is 0 Å². The van der Waals surface area contributed by atoms with Crippen LogP contribution in [0.15, 0.2) is 12.1 Å². The van der Waals surface area contributed by atoms with Gasteiger partial charge in [0.25, 0.3) is 0 Å². The van der Waals surface area contributed by atoms with Gasteiger partial charge in [0.05, 0.1) is 18.4 Å². The van der Waals surface area contributed by atoms with Crippen molar-refractivity contribution in [3.63, 3.8) is 0 Å². The molecular formula is C13H15N3O2. The van der Waals surface area contributed by atoms with Crippen LogP contribution in [0, 0.1) is 13.8 Å². The third-order valence-corrected chi connectivity index (χ3v) is 3.04. The van der Waals surface area contributed by atoms with E-state index in [4.69, 9.17) is 10.5 Å². The molecule has 2 rings (SSSR count). The standard InChI is InChI=1S/C13H15N3O2/c1-7-4-9(11(18-3)5-8(7)2)12-10(6-17)13(14)16-15-12/h4-6H,1-3H3,(H3,14,15,16). The zero-order valence-electron chi connectivity index (χ0n) is 10.6. The molecule has 1 aromatic heterocycles. The summed E-state index contributed by atoms with van der Waals surface area (Å²) in [5.41, 5.74) is 9.59. The fourth-order valence-corrected chi connectivity index (χ4v) is 1.84. The van der Waals surface area contributed by atoms with Gasteiger partial charge < -0.3 is 10.5 Å². The van der Waals surface area contributed by atoms with Gasteiger partial charge in [-0.1, -0.05) is 0 Å². The van der Waals surface area contributed by atoms with Crippen molar-refractivity contribution < 1.29 is 9.53 Å². The zero-order chi connectivity index (χ0) is 13.3. The van der Waals surface area contributed by atoms with Crippen LogP contribution < -0.4 is 10.5 Å². The number of carbonyl (C=O) groups excluding carboxylic acids is 1. The van der Waals surface area contributed by atoms with Crippen molar-refractivity contribution in [2.75, 3.05) is 12.8 Å². The van der Waals surface area contributed by atoms with E-state index in [0.29, 0.717) is 23.3 Å². The van der Waals surface area contributed by atoms with Crippen molar-refractivity contribution in [3.05, 3.63) is 28.8 Å². The number of nitrogens with zero attached hydrogens (tertiary/aromatic N) is 1. The number of hydrogen-bond acceptors (Lipinski definition) is 4. The minimum atomic E-state index is 0.195. The van der Waals surface area contributed by atoms with Gasteiger partial charge in [-0.2, -0.15) is 5.10 Å². The van der Waals surface area contributed by atoms with Gasteiger partial charge in [-0.15, -0.1) is 0 Å². The second-order valence-corrected chi connectivity index (χ2v) is 4.15. The number of ether oxygens (including phenoxy) is 1. The molecule has 0 saturated carbocycles. The molecule has 0 spiro atoms. The number of methoxy groups -OCH3 is 1. The summed E-state index contributed by atoms with van der Waals surface area (Å²) in [5, 5.41) is 6.63. The minimum absolute atomic E-state index is 0.195. The van der Waals surface area contributed by atoms with E-state index in [1.165, 1.54) is 0 Å². The molecule has 0 aliphatic carbocycles. The SMILES string of the molecule is COc1cc(C)c(C)cc1-c1[nH]nc(N)c1C=O. The van der Waals surface area contributed by atoms with Gasteiger partial charge in [-0.05, 0) is 37.1 Å². The first-order valence-corrected chi connectivity index (χ1v) is 5.53. The maximum absolute atomic E-state index is 11.1. The number of aromatic amines is 1. The highest BCUT2D eigenvalue weighted by atomic mass is 16.5. The summed E-state index contributed by atoms with van der Waals surface area (Å²) in [7, 11) is 1.59. The van der Waals surface area contributed by atoms with Crippen LogP contribution >= 0.6 is 0 Å². The highest BCUT2D eigenvalue weighted by Gasteiger charge is 2.16. The van der Waals surface area contributed by atoms with Crippen LogP contribution in [-0.2, 0) is 0 Å². The number of aryl methyl sites for hydroxylation is 2. The molecular weight excluding hydrogens is 230 g/mol. The summed E-state index contributed by atoms with van der Waals surface area (Å²) in [5.74, 6) is 0.880. The van der Waals surface area contributed by atoms with Crippen molar-refractivity contribution in [3.8, 4) is 17.0 Å². The molecule has 0 aliphatic heterocycles. The Hall–Kier alpha value is -2.30. The molecule has 18 heavy (non-hydrogen) atoms. The average Bonchev–Trinajstić information content (AvgIpc) is 2.73. The van der Waals surface area contributed by atoms with E-state index in [1.54, 1.807) is 7.11 Å². The molecule has 5 heteroatoms. The first-order valence-electron chi connectivity index (χ1n) is 5.53. The monoisotopic (exact) mass is 245 g/mol. The average molecular weight is 245 g/mol. The van der Waals surface area contributed by atoms with Crippen LogP contribution in [0.5, 0.6) is 5.75 Å². The summed E-state index contributed by atoms with van der Waals surface area (Å²) in [6.45, 7) is 4.00. The minimum Gasteiger partial charge on any atom is -0.496 e. The van der Waals surface area contributed by atoms with Gasteiger partial charge in [0.2, 0.25) is 0 Å². The van der Waals surface area contributed by atoms with E-state index in [0.717, 1.165) is 16.7 Å². The first-order chi connectivity index (χ1) is 8.58. The normalized spacial score (nSPS) is 10.4. The quantitative estimate of drug-likeness (QED) is 0.811. The van der Waals surface area contributed by atoms with E-state index >= 15 is 0 Å². The molecule has 3 N–H and O–H groups in total. The topological polar surface area (TPSA) is 81.0 Å². The Bertz CT molecular complexity index is 603. The number of carbonyl (C=O) groups is 1. The molecule has 0 bridgehead atoms. The molecule has 0 aliphatic rings. The van der Waals surface area contributed by atoms with E-state index in [2.05, 4.69) is 10.2 Å². The Balaban J connectivity index is 2.69. The number of nitrogen functional groups attached to an aromatic ring is 1. The molecule has 2 aromatic rings. The molecule has 5 nitrogen and oxygen atoms in total. The summed E-state index contributed by atoms with van der Waals surface area (Å²) in [6, 6.07) is 3.88. The number of hydrogen-bond donors (Lipinski definition) is 2. The third-order valence-electron chi connectivity index (χ3n) is 3.04. The van der Waals surface area contributed by atoms with Crippen LogP contribution in [0.1, 0.15) is 21.5 Å². The maximum atomic E-state index is 11.1. The molecule has 0 amide bonds. The molecule has 1 heterocycles. The number of anilines is 1. The number of aromatic nitrogens is 2. The number of nitrogens with two attached hydrogens (primary N) is 1. The van der Waals surface area contributed by atoms with Crippen LogP contribution in [0.25, 0.3) is 11.3 Å². The molecule has 0 fully saturated rings. The van der Waals surface area contributed by atoms with Crippen molar-refractivity contribution in [1.82, 2.24) is 10.2 Å². The molecule has 94 valence electrons. The summed E-state index contributed by atoms with van der Waals surface area (Å²) in [4.78, 5) is 11.1. The molecule has 0 radical (unpaired) electrons. The maximum Gasteiger partial charge on any atom is 0.156 e. The lowest BCUT2D eigenvalue weighted by Gasteiger charge is -2.11. The lowest BCUT2D eigenvalue weighted by molar-refractivity contribution is 0.112. The number of benzene rings is 1. The largest absolute Gasteiger partial charge is 0.496 e. The third kappa shape index (κ3) is 1.84. The van der Waals surface area contributed by atoms with Gasteiger partial charge in [-0.3, -0.25) is 9.89 Å². The number of rotatable bonds is 3. The van der Waals surface area contributed by atoms with E-state index in [9.17, 15) is 4.79 Å². The van der Waals surface area contributed by atoms with Crippen molar-refractivity contribution in [2.24, 2.45) is 0 Å².